The van der Waals surface area contributed by atoms with Crippen LogP contribution in [0.15, 0.2) is 22.7 Å². The molecule has 2 rings (SSSR count). The maximum Gasteiger partial charge on any atom is 0.137 e. The Hall–Kier alpha value is -0.490. The SMILES string of the molecule is COC1CCN(C(CN)c2ccc(Br)c(F)c2)C1. The predicted octanol–water partition coefficient (Wildman–Crippen LogP) is 2.31. The quantitative estimate of drug-likeness (QED) is 0.926. The Balaban J connectivity index is 2.15. The van der Waals surface area contributed by atoms with E-state index in [1.165, 1.54) is 0 Å². The summed E-state index contributed by atoms with van der Waals surface area (Å²) in [6, 6.07) is 5.27. The van der Waals surface area contributed by atoms with Crippen LogP contribution in [0.1, 0.15) is 18.0 Å². The molecule has 1 aromatic rings. The first kappa shape index (κ1) is 13.9. The molecule has 0 aromatic heterocycles. The van der Waals surface area contributed by atoms with E-state index in [1.807, 2.05) is 6.07 Å². The van der Waals surface area contributed by atoms with Crippen molar-refractivity contribution in [2.45, 2.75) is 18.6 Å². The smallest absolute Gasteiger partial charge is 0.137 e. The van der Waals surface area contributed by atoms with Crippen molar-refractivity contribution in [1.29, 1.82) is 0 Å². The highest BCUT2D eigenvalue weighted by atomic mass is 79.9. The number of hydrogen-bond donors (Lipinski definition) is 1. The number of hydrogen-bond acceptors (Lipinski definition) is 3. The highest BCUT2D eigenvalue weighted by molar-refractivity contribution is 9.10. The standard InChI is InChI=1S/C13H18BrFN2O/c1-18-10-4-5-17(8-10)13(7-16)9-2-3-11(14)12(15)6-9/h2-3,6,10,13H,4-5,7-8,16H2,1H3. The summed E-state index contributed by atoms with van der Waals surface area (Å²) in [7, 11) is 1.73. The maximum absolute atomic E-state index is 13.6. The fourth-order valence-corrected chi connectivity index (χ4v) is 2.69. The van der Waals surface area contributed by atoms with Crippen molar-refractivity contribution in [3.8, 4) is 0 Å². The molecule has 2 N–H and O–H groups in total. The fraction of sp³-hybridized carbons (Fsp3) is 0.538. The van der Waals surface area contributed by atoms with Gasteiger partial charge in [-0.05, 0) is 40.0 Å². The normalized spacial score (nSPS) is 22.3. The van der Waals surface area contributed by atoms with Crippen LogP contribution in [0.25, 0.3) is 0 Å². The van der Waals surface area contributed by atoms with Crippen LogP contribution in [0.2, 0.25) is 0 Å². The summed E-state index contributed by atoms with van der Waals surface area (Å²) in [4.78, 5) is 2.26. The van der Waals surface area contributed by atoms with Crippen LogP contribution in [0, 0.1) is 5.82 Å². The number of benzene rings is 1. The third kappa shape index (κ3) is 2.91. The molecule has 0 saturated carbocycles. The minimum atomic E-state index is -0.242. The topological polar surface area (TPSA) is 38.5 Å². The van der Waals surface area contributed by atoms with E-state index >= 15 is 0 Å². The summed E-state index contributed by atoms with van der Waals surface area (Å²) in [6.07, 6.45) is 1.27. The molecule has 1 saturated heterocycles. The summed E-state index contributed by atoms with van der Waals surface area (Å²) < 4.78 is 19.4. The minimum absolute atomic E-state index is 0.0627. The summed E-state index contributed by atoms with van der Waals surface area (Å²) in [5, 5.41) is 0. The summed E-state index contributed by atoms with van der Waals surface area (Å²) >= 11 is 3.16. The van der Waals surface area contributed by atoms with Crippen LogP contribution in [-0.2, 0) is 4.74 Å². The molecular formula is C13H18BrFN2O. The number of rotatable bonds is 4. The minimum Gasteiger partial charge on any atom is -0.380 e. The lowest BCUT2D eigenvalue weighted by molar-refractivity contribution is 0.101. The van der Waals surface area contributed by atoms with E-state index in [0.717, 1.165) is 25.1 Å². The number of nitrogens with zero attached hydrogens (tertiary/aromatic N) is 1. The van der Waals surface area contributed by atoms with Crippen molar-refractivity contribution in [2.24, 2.45) is 5.73 Å². The number of methoxy groups -OCH3 is 1. The number of halogens is 2. The third-order valence-electron chi connectivity index (χ3n) is 3.50. The second-order valence-corrected chi connectivity index (χ2v) is 5.42. The Bertz CT molecular complexity index is 416. The molecular weight excluding hydrogens is 299 g/mol. The highest BCUT2D eigenvalue weighted by Gasteiger charge is 2.28. The molecule has 0 aliphatic carbocycles. The van der Waals surface area contributed by atoms with Crippen LogP contribution in [-0.4, -0.2) is 37.7 Å². The Kier molecular flexibility index (Phi) is 4.72. The van der Waals surface area contributed by atoms with Gasteiger partial charge in [0.1, 0.15) is 5.82 Å². The molecule has 0 spiro atoms. The van der Waals surface area contributed by atoms with E-state index in [1.54, 1.807) is 19.2 Å². The number of nitrogens with two attached hydrogens (primary N) is 1. The van der Waals surface area contributed by atoms with Crippen LogP contribution >= 0.6 is 15.9 Å². The Morgan fingerprint density at radius 2 is 2.39 bits per heavy atom. The van der Waals surface area contributed by atoms with Crippen LogP contribution in [0.4, 0.5) is 4.39 Å². The second-order valence-electron chi connectivity index (χ2n) is 4.57. The second kappa shape index (κ2) is 6.10. The molecule has 2 atom stereocenters. The van der Waals surface area contributed by atoms with Crippen LogP contribution < -0.4 is 5.73 Å². The number of likely N-dealkylation sites (tertiary alicyclic amines) is 1. The van der Waals surface area contributed by atoms with Crippen molar-refractivity contribution >= 4 is 15.9 Å². The predicted molar refractivity (Wildman–Crippen MR) is 72.9 cm³/mol. The van der Waals surface area contributed by atoms with Gasteiger partial charge in [-0.15, -0.1) is 0 Å². The largest absolute Gasteiger partial charge is 0.380 e. The first-order valence-electron chi connectivity index (χ1n) is 6.07. The van der Waals surface area contributed by atoms with Crippen molar-refractivity contribution in [1.82, 2.24) is 4.90 Å². The number of ether oxygens (including phenoxy) is 1. The van der Waals surface area contributed by atoms with Crippen molar-refractivity contribution in [3.63, 3.8) is 0 Å². The van der Waals surface area contributed by atoms with Gasteiger partial charge in [-0.1, -0.05) is 6.07 Å². The van der Waals surface area contributed by atoms with Crippen molar-refractivity contribution < 1.29 is 9.13 Å². The molecule has 1 fully saturated rings. The van der Waals surface area contributed by atoms with Gasteiger partial charge in [-0.3, -0.25) is 4.90 Å². The lowest BCUT2D eigenvalue weighted by Gasteiger charge is -2.27. The molecule has 0 bridgehead atoms. The van der Waals surface area contributed by atoms with E-state index in [-0.39, 0.29) is 18.0 Å². The van der Waals surface area contributed by atoms with E-state index in [0.29, 0.717) is 11.0 Å². The molecule has 5 heteroatoms. The highest BCUT2D eigenvalue weighted by Crippen LogP contribution is 2.27. The summed E-state index contributed by atoms with van der Waals surface area (Å²) in [6.45, 7) is 2.28. The van der Waals surface area contributed by atoms with Crippen LogP contribution in [0.3, 0.4) is 0 Å². The van der Waals surface area contributed by atoms with Crippen molar-refractivity contribution in [3.05, 3.63) is 34.1 Å². The zero-order valence-corrected chi connectivity index (χ0v) is 12.0. The maximum atomic E-state index is 13.6. The van der Waals surface area contributed by atoms with E-state index < -0.39 is 0 Å². The summed E-state index contributed by atoms with van der Waals surface area (Å²) in [5.74, 6) is -0.242. The van der Waals surface area contributed by atoms with Gasteiger partial charge in [0, 0.05) is 32.8 Å². The van der Waals surface area contributed by atoms with Crippen LogP contribution in [0.5, 0.6) is 0 Å². The molecule has 0 radical (unpaired) electrons. The fourth-order valence-electron chi connectivity index (χ4n) is 2.45. The van der Waals surface area contributed by atoms with E-state index in [2.05, 4.69) is 20.8 Å². The first-order chi connectivity index (χ1) is 8.65. The van der Waals surface area contributed by atoms with Gasteiger partial charge in [0.15, 0.2) is 0 Å². The van der Waals surface area contributed by atoms with Gasteiger partial charge in [-0.25, -0.2) is 4.39 Å². The van der Waals surface area contributed by atoms with Gasteiger partial charge in [0.25, 0.3) is 0 Å². The molecule has 18 heavy (non-hydrogen) atoms. The lowest BCUT2D eigenvalue weighted by atomic mass is 10.1. The Morgan fingerprint density at radius 3 is 2.94 bits per heavy atom. The van der Waals surface area contributed by atoms with Gasteiger partial charge in [-0.2, -0.15) is 0 Å². The zero-order chi connectivity index (χ0) is 13.1. The molecule has 3 nitrogen and oxygen atoms in total. The molecule has 1 heterocycles. The molecule has 0 amide bonds. The molecule has 2 unspecified atom stereocenters. The molecule has 1 aromatic carbocycles. The van der Waals surface area contributed by atoms with E-state index in [9.17, 15) is 4.39 Å². The Labute approximate surface area is 115 Å². The summed E-state index contributed by atoms with van der Waals surface area (Å²) in [5.41, 5.74) is 6.77. The van der Waals surface area contributed by atoms with Gasteiger partial charge < -0.3 is 10.5 Å². The zero-order valence-electron chi connectivity index (χ0n) is 10.4. The molecule has 100 valence electrons. The Morgan fingerprint density at radius 1 is 1.61 bits per heavy atom. The van der Waals surface area contributed by atoms with Gasteiger partial charge >= 0.3 is 0 Å². The third-order valence-corrected chi connectivity index (χ3v) is 4.15. The van der Waals surface area contributed by atoms with Crippen molar-refractivity contribution in [2.75, 3.05) is 26.7 Å². The molecule has 1 aliphatic heterocycles. The van der Waals surface area contributed by atoms with Gasteiger partial charge in [0.05, 0.1) is 10.6 Å². The molecule has 1 aliphatic rings. The monoisotopic (exact) mass is 316 g/mol. The average Bonchev–Trinajstić information content (AvgIpc) is 2.83. The first-order valence-corrected chi connectivity index (χ1v) is 6.87. The van der Waals surface area contributed by atoms with E-state index in [4.69, 9.17) is 10.5 Å². The lowest BCUT2D eigenvalue weighted by Crippen LogP contribution is -2.33. The average molecular weight is 317 g/mol. The van der Waals surface area contributed by atoms with Gasteiger partial charge in [0.2, 0.25) is 0 Å².